The molecule has 3 atom stereocenters. The predicted octanol–water partition coefficient (Wildman–Crippen LogP) is 6.41. The number of ether oxygens (including phenoxy) is 1. The molecule has 0 bridgehead atoms. The molecule has 0 spiro atoms. The molecule has 3 unspecified atom stereocenters. The summed E-state index contributed by atoms with van der Waals surface area (Å²) < 4.78 is 5.53. The van der Waals surface area contributed by atoms with Gasteiger partial charge in [-0.15, -0.1) is 0 Å². The Morgan fingerprint density at radius 3 is 2.08 bits per heavy atom. The fourth-order valence-electron chi connectivity index (χ4n) is 4.81. The number of alkyl carbamates (subject to hydrolysis) is 1. The van der Waals surface area contributed by atoms with Gasteiger partial charge in [-0.3, -0.25) is 9.59 Å². The first-order valence-electron chi connectivity index (χ1n) is 14.3. The second-order valence-corrected chi connectivity index (χ2v) is 12.7. The molecule has 0 saturated carbocycles. The minimum atomic E-state index is -0.954. The van der Waals surface area contributed by atoms with Crippen LogP contribution in [0.4, 0.5) is 4.79 Å². The van der Waals surface area contributed by atoms with E-state index in [1.807, 2.05) is 90.1 Å². The molecular formula is C33H49N3O4. The molecule has 7 nitrogen and oxygen atoms in total. The third kappa shape index (κ3) is 9.39. The van der Waals surface area contributed by atoms with E-state index in [1.165, 1.54) is 0 Å². The van der Waals surface area contributed by atoms with E-state index in [-0.39, 0.29) is 24.3 Å². The van der Waals surface area contributed by atoms with Crippen LogP contribution in [0.1, 0.15) is 96.5 Å². The monoisotopic (exact) mass is 551 g/mol. The summed E-state index contributed by atoms with van der Waals surface area (Å²) in [5, 5.41) is 5.97. The number of benzene rings is 2. The van der Waals surface area contributed by atoms with Crippen molar-refractivity contribution in [2.45, 2.75) is 118 Å². The Hall–Kier alpha value is -3.35. The maximum Gasteiger partial charge on any atom is 0.408 e. The zero-order valence-corrected chi connectivity index (χ0v) is 26.1. The number of hydrogen-bond donors (Lipinski definition) is 2. The smallest absolute Gasteiger partial charge is 0.408 e. The van der Waals surface area contributed by atoms with Gasteiger partial charge in [0.2, 0.25) is 11.8 Å². The van der Waals surface area contributed by atoms with Crippen LogP contribution < -0.4 is 10.6 Å². The number of nitrogens with one attached hydrogen (secondary N) is 2. The van der Waals surface area contributed by atoms with Gasteiger partial charge < -0.3 is 20.3 Å². The summed E-state index contributed by atoms with van der Waals surface area (Å²) in [6.45, 7) is 19.1. The number of carbonyl (C=O) groups excluding carboxylic acids is 3. The topological polar surface area (TPSA) is 87.7 Å². The van der Waals surface area contributed by atoms with E-state index in [9.17, 15) is 14.4 Å². The molecule has 2 N–H and O–H groups in total. The molecule has 0 heterocycles. The van der Waals surface area contributed by atoms with E-state index in [0.29, 0.717) is 0 Å². The van der Waals surface area contributed by atoms with Crippen LogP contribution in [0.15, 0.2) is 48.5 Å². The number of carbonyl (C=O) groups is 3. The van der Waals surface area contributed by atoms with Gasteiger partial charge in [0, 0.05) is 18.0 Å². The first kappa shape index (κ1) is 32.9. The molecule has 2 aromatic rings. The molecule has 0 aliphatic carbocycles. The van der Waals surface area contributed by atoms with Crippen molar-refractivity contribution in [3.8, 4) is 0 Å². The Balaban J connectivity index is 2.66. The summed E-state index contributed by atoms with van der Waals surface area (Å²) in [5.74, 6) is -0.597. The quantitative estimate of drug-likeness (QED) is 0.357. The fourth-order valence-corrected chi connectivity index (χ4v) is 4.81. The van der Waals surface area contributed by atoms with Crippen molar-refractivity contribution in [1.82, 2.24) is 15.5 Å². The molecule has 3 amide bonds. The lowest BCUT2D eigenvalue weighted by molar-refractivity contribution is -0.148. The molecule has 0 saturated heterocycles. The Labute approximate surface area is 241 Å². The van der Waals surface area contributed by atoms with Crippen LogP contribution in [0.2, 0.25) is 0 Å². The lowest BCUT2D eigenvalue weighted by atomic mass is 9.90. The summed E-state index contributed by atoms with van der Waals surface area (Å²) in [6.07, 6.45) is 1.32. The Morgan fingerprint density at radius 2 is 1.52 bits per heavy atom. The molecule has 2 rings (SSSR count). The van der Waals surface area contributed by atoms with Crippen LogP contribution in [0, 0.1) is 13.8 Å². The third-order valence-corrected chi connectivity index (χ3v) is 6.79. The molecule has 2 aromatic carbocycles. The van der Waals surface area contributed by atoms with Gasteiger partial charge >= 0.3 is 6.09 Å². The van der Waals surface area contributed by atoms with Gasteiger partial charge in [0.1, 0.15) is 17.7 Å². The van der Waals surface area contributed by atoms with Gasteiger partial charge in [-0.1, -0.05) is 61.9 Å². The second kappa shape index (κ2) is 13.8. The van der Waals surface area contributed by atoms with E-state index in [1.54, 1.807) is 25.7 Å². The zero-order chi connectivity index (χ0) is 30.3. The van der Waals surface area contributed by atoms with Crippen molar-refractivity contribution in [1.29, 1.82) is 0 Å². The van der Waals surface area contributed by atoms with Gasteiger partial charge in [0.25, 0.3) is 0 Å². The molecule has 0 fully saturated rings. The number of nitrogens with zero attached hydrogens (tertiary/aromatic N) is 1. The fraction of sp³-hybridized carbons (Fsp3) is 0.545. The average Bonchev–Trinajstić information content (AvgIpc) is 2.82. The largest absolute Gasteiger partial charge is 0.444 e. The normalized spacial score (nSPS) is 14.1. The highest BCUT2D eigenvalue weighted by Crippen LogP contribution is 2.33. The van der Waals surface area contributed by atoms with Gasteiger partial charge in [0.15, 0.2) is 0 Å². The van der Waals surface area contributed by atoms with E-state index >= 15 is 0 Å². The SMILES string of the molecule is CCCC(C)NC(=O)C(c1cccc(C)c1C)N(C(=O)C(Cc1ccccc1)NC(=O)OC(C)(C)C)C(C)(C)C. The van der Waals surface area contributed by atoms with Gasteiger partial charge in [0.05, 0.1) is 0 Å². The van der Waals surface area contributed by atoms with Gasteiger partial charge in [-0.25, -0.2) is 4.79 Å². The predicted molar refractivity (Wildman–Crippen MR) is 161 cm³/mol. The van der Waals surface area contributed by atoms with Crippen LogP contribution in [0.3, 0.4) is 0 Å². The van der Waals surface area contributed by atoms with Crippen LogP contribution >= 0.6 is 0 Å². The number of hydrogen-bond acceptors (Lipinski definition) is 4. The van der Waals surface area contributed by atoms with Crippen molar-refractivity contribution in [2.75, 3.05) is 0 Å². The minimum Gasteiger partial charge on any atom is -0.444 e. The first-order chi connectivity index (χ1) is 18.5. The first-order valence-corrected chi connectivity index (χ1v) is 14.3. The van der Waals surface area contributed by atoms with Crippen molar-refractivity contribution >= 4 is 17.9 Å². The van der Waals surface area contributed by atoms with Crippen LogP contribution in [0.5, 0.6) is 0 Å². The molecule has 0 aromatic heterocycles. The highest BCUT2D eigenvalue weighted by molar-refractivity contribution is 5.93. The van der Waals surface area contributed by atoms with E-state index < -0.39 is 29.3 Å². The Morgan fingerprint density at radius 1 is 0.900 bits per heavy atom. The lowest BCUT2D eigenvalue weighted by Crippen LogP contribution is -2.59. The standard InChI is InChI=1S/C33H49N3O4/c1-11-16-23(3)34-29(37)28(26-20-15-17-22(2)24(26)4)36(32(5,6)7)30(38)27(21-25-18-13-12-14-19-25)35-31(39)40-33(8,9)10/h12-15,17-20,23,27-28H,11,16,21H2,1-10H3,(H,34,37)(H,35,39). The number of rotatable bonds is 10. The maximum absolute atomic E-state index is 14.6. The summed E-state index contributed by atoms with van der Waals surface area (Å²) in [6, 6.07) is 13.5. The maximum atomic E-state index is 14.6. The van der Waals surface area contributed by atoms with Gasteiger partial charge in [-0.05, 0) is 91.0 Å². The van der Waals surface area contributed by atoms with Crippen molar-refractivity contribution in [2.24, 2.45) is 0 Å². The van der Waals surface area contributed by atoms with Crippen molar-refractivity contribution in [3.05, 3.63) is 70.8 Å². The highest BCUT2D eigenvalue weighted by atomic mass is 16.6. The van der Waals surface area contributed by atoms with E-state index in [4.69, 9.17) is 4.74 Å². The van der Waals surface area contributed by atoms with E-state index in [0.717, 1.165) is 35.1 Å². The lowest BCUT2D eigenvalue weighted by Gasteiger charge is -2.43. The molecule has 0 aliphatic rings. The highest BCUT2D eigenvalue weighted by Gasteiger charge is 2.42. The summed E-state index contributed by atoms with van der Waals surface area (Å²) in [7, 11) is 0. The van der Waals surface area contributed by atoms with E-state index in [2.05, 4.69) is 17.6 Å². The minimum absolute atomic E-state index is 0.0537. The zero-order valence-electron chi connectivity index (χ0n) is 26.1. The third-order valence-electron chi connectivity index (χ3n) is 6.79. The van der Waals surface area contributed by atoms with Crippen molar-refractivity contribution in [3.63, 3.8) is 0 Å². The molecule has 40 heavy (non-hydrogen) atoms. The average molecular weight is 552 g/mol. The van der Waals surface area contributed by atoms with Crippen LogP contribution in [0.25, 0.3) is 0 Å². The van der Waals surface area contributed by atoms with Crippen molar-refractivity contribution < 1.29 is 19.1 Å². The summed E-state index contributed by atoms with van der Waals surface area (Å²) in [4.78, 5) is 43.2. The Kier molecular flexibility index (Phi) is 11.4. The second-order valence-electron chi connectivity index (χ2n) is 12.7. The Bertz CT molecular complexity index is 1150. The number of amides is 3. The molecular weight excluding hydrogens is 502 g/mol. The van der Waals surface area contributed by atoms with Crippen LogP contribution in [-0.2, 0) is 20.7 Å². The summed E-state index contributed by atoms with van der Waals surface area (Å²) in [5.41, 5.74) is 2.15. The van der Waals surface area contributed by atoms with Crippen LogP contribution in [-0.4, -0.2) is 46.0 Å². The molecule has 7 heteroatoms. The molecule has 0 aliphatic heterocycles. The number of aryl methyl sites for hydroxylation is 1. The molecule has 0 radical (unpaired) electrons. The summed E-state index contributed by atoms with van der Waals surface area (Å²) >= 11 is 0. The molecule has 220 valence electrons. The van der Waals surface area contributed by atoms with Gasteiger partial charge in [-0.2, -0.15) is 0 Å².